The van der Waals surface area contributed by atoms with Gasteiger partial charge in [0.1, 0.15) is 31.3 Å². The fraction of sp³-hybridized carbons (Fsp3) is 0.415. The number of carbonyl (C=O) groups is 2. The number of nitrogens with zero attached hydrogens (tertiary/aromatic N) is 4. The molecule has 0 atom stereocenters. The summed E-state index contributed by atoms with van der Waals surface area (Å²) in [6.45, 7) is 4.62. The number of H-pyrrole nitrogens is 2. The summed E-state index contributed by atoms with van der Waals surface area (Å²) in [5, 5.41) is 1.88. The van der Waals surface area contributed by atoms with Crippen LogP contribution in [0.2, 0.25) is 0 Å². The van der Waals surface area contributed by atoms with Crippen LogP contribution in [-0.4, -0.2) is 137 Å². The van der Waals surface area contributed by atoms with Gasteiger partial charge in [-0.3, -0.25) is 4.90 Å². The van der Waals surface area contributed by atoms with Gasteiger partial charge < -0.3 is 43.2 Å². The highest BCUT2D eigenvalue weighted by molar-refractivity contribution is 5.91. The molecule has 5 aromatic rings. The van der Waals surface area contributed by atoms with E-state index in [1.165, 1.54) is 5.56 Å². The Morgan fingerprint density at radius 1 is 0.623 bits per heavy atom. The molecule has 0 saturated carbocycles. The van der Waals surface area contributed by atoms with Gasteiger partial charge in [0.05, 0.1) is 21.1 Å². The van der Waals surface area contributed by atoms with Crippen LogP contribution in [0.4, 0.5) is 9.59 Å². The van der Waals surface area contributed by atoms with Crippen molar-refractivity contribution in [1.82, 2.24) is 24.7 Å². The molecule has 0 bridgehead atoms. The van der Waals surface area contributed by atoms with Gasteiger partial charge in [0, 0.05) is 60.4 Å². The fourth-order valence-corrected chi connectivity index (χ4v) is 5.59. The standard InChI is InChI=1S/C23H29N3O3.C18H28N3O3/c1-25(2)13-12-19-16-24-20-10-7-11-21(22(19)20)29-23(27)28-15-14-26(3)17-18-8-5-4-6-9-18;1-20(2)10-9-14-13-19-15-7-6-8-16(17(14)15)24-18(22)23-12-11-21(3,4)5/h4-11,16,24H,12-15,17H2,1-3H3;6-8,13,19H,9-12H2,1-5H3/q;+1. The van der Waals surface area contributed by atoms with Gasteiger partial charge in [0.15, 0.2) is 0 Å². The van der Waals surface area contributed by atoms with E-state index in [0.29, 0.717) is 24.7 Å². The van der Waals surface area contributed by atoms with Crippen molar-refractivity contribution < 1.29 is 33.0 Å². The Hall–Kier alpha value is -4.88. The highest BCUT2D eigenvalue weighted by Gasteiger charge is 2.17. The summed E-state index contributed by atoms with van der Waals surface area (Å²) in [4.78, 5) is 37.0. The van der Waals surface area contributed by atoms with Crippen molar-refractivity contribution in [3.05, 3.63) is 95.8 Å². The zero-order valence-electron chi connectivity index (χ0n) is 32.6. The molecule has 2 heterocycles. The number of hydrogen-bond donors (Lipinski definition) is 2. The van der Waals surface area contributed by atoms with Crippen LogP contribution in [-0.2, 0) is 28.9 Å². The topological polar surface area (TPSA) is 112 Å². The van der Waals surface area contributed by atoms with Gasteiger partial charge in [-0.1, -0.05) is 42.5 Å². The highest BCUT2D eigenvalue weighted by Crippen LogP contribution is 2.30. The zero-order chi connectivity index (χ0) is 38.4. The van der Waals surface area contributed by atoms with Crippen molar-refractivity contribution >= 4 is 34.1 Å². The first-order valence-electron chi connectivity index (χ1n) is 18.0. The molecule has 0 saturated heterocycles. The van der Waals surface area contributed by atoms with E-state index >= 15 is 0 Å². The van der Waals surface area contributed by atoms with E-state index in [9.17, 15) is 9.59 Å². The smallest absolute Gasteiger partial charge is 0.433 e. The van der Waals surface area contributed by atoms with E-state index in [1.807, 2.05) is 111 Å². The van der Waals surface area contributed by atoms with Crippen LogP contribution in [0.15, 0.2) is 79.1 Å². The summed E-state index contributed by atoms with van der Waals surface area (Å²) < 4.78 is 22.2. The lowest BCUT2D eigenvalue weighted by molar-refractivity contribution is -0.870. The maximum atomic E-state index is 12.2. The molecule has 0 aliphatic heterocycles. The van der Waals surface area contributed by atoms with Crippen LogP contribution in [0.1, 0.15) is 16.7 Å². The molecule has 0 aliphatic carbocycles. The van der Waals surface area contributed by atoms with Gasteiger partial charge in [-0.05, 0) is 89.0 Å². The molecule has 0 fully saturated rings. The van der Waals surface area contributed by atoms with Gasteiger partial charge >= 0.3 is 12.3 Å². The third-order valence-corrected chi connectivity index (χ3v) is 8.51. The van der Waals surface area contributed by atoms with Crippen molar-refractivity contribution in [1.29, 1.82) is 0 Å². The Kier molecular flexibility index (Phi) is 15.3. The van der Waals surface area contributed by atoms with Crippen LogP contribution < -0.4 is 9.47 Å². The molecule has 2 N–H and O–H groups in total. The summed E-state index contributed by atoms with van der Waals surface area (Å²) in [6, 6.07) is 21.5. The van der Waals surface area contributed by atoms with Gasteiger partial charge in [-0.15, -0.1) is 0 Å². The second-order valence-corrected chi connectivity index (χ2v) is 14.7. The molecule has 12 heteroatoms. The molecule has 0 radical (unpaired) electrons. The molecule has 53 heavy (non-hydrogen) atoms. The lowest BCUT2D eigenvalue weighted by Crippen LogP contribution is -2.38. The van der Waals surface area contributed by atoms with Gasteiger partial charge in [-0.25, -0.2) is 9.59 Å². The summed E-state index contributed by atoms with van der Waals surface area (Å²) in [6.07, 6.45) is 4.37. The van der Waals surface area contributed by atoms with E-state index in [1.54, 1.807) is 12.1 Å². The molecule has 0 spiro atoms. The molecule has 12 nitrogen and oxygen atoms in total. The third kappa shape index (κ3) is 13.6. The van der Waals surface area contributed by atoms with Gasteiger partial charge in [0.25, 0.3) is 0 Å². The largest absolute Gasteiger partial charge is 0.514 e. The number of nitrogens with one attached hydrogen (secondary N) is 2. The predicted molar refractivity (Wildman–Crippen MR) is 211 cm³/mol. The van der Waals surface area contributed by atoms with E-state index in [4.69, 9.17) is 18.9 Å². The Morgan fingerprint density at radius 3 is 1.58 bits per heavy atom. The number of quaternary nitrogens is 1. The van der Waals surface area contributed by atoms with E-state index in [0.717, 1.165) is 76.4 Å². The van der Waals surface area contributed by atoms with Crippen molar-refractivity contribution in [2.75, 3.05) is 95.8 Å². The van der Waals surface area contributed by atoms with Crippen molar-refractivity contribution in [2.45, 2.75) is 19.4 Å². The van der Waals surface area contributed by atoms with Crippen molar-refractivity contribution in [2.24, 2.45) is 0 Å². The first kappa shape index (κ1) is 40.9. The third-order valence-electron chi connectivity index (χ3n) is 8.51. The van der Waals surface area contributed by atoms with E-state index in [2.05, 4.69) is 36.8 Å². The molecule has 0 unspecified atom stereocenters. The molecule has 5 rings (SSSR count). The predicted octanol–water partition coefficient (Wildman–Crippen LogP) is 6.41. The Balaban J connectivity index is 0.000000241. The summed E-state index contributed by atoms with van der Waals surface area (Å²) in [5.41, 5.74) is 5.39. The lowest BCUT2D eigenvalue weighted by Gasteiger charge is -2.23. The first-order valence-corrected chi connectivity index (χ1v) is 18.0. The molecule has 2 aromatic heterocycles. The first-order chi connectivity index (χ1) is 25.3. The maximum Gasteiger partial charge on any atom is 0.514 e. The molecule has 0 aliphatic rings. The Labute approximate surface area is 313 Å². The molecular weight excluding hydrogens is 672 g/mol. The van der Waals surface area contributed by atoms with Crippen LogP contribution >= 0.6 is 0 Å². The highest BCUT2D eigenvalue weighted by atomic mass is 16.7. The Bertz CT molecular complexity index is 1880. The van der Waals surface area contributed by atoms with Crippen molar-refractivity contribution in [3.63, 3.8) is 0 Å². The lowest BCUT2D eigenvalue weighted by atomic mass is 10.1. The van der Waals surface area contributed by atoms with Gasteiger partial charge in [0.2, 0.25) is 0 Å². The van der Waals surface area contributed by atoms with Gasteiger partial charge in [-0.2, -0.15) is 0 Å². The summed E-state index contributed by atoms with van der Waals surface area (Å²) in [5.74, 6) is 1.07. The van der Waals surface area contributed by atoms with Crippen LogP contribution in [0.3, 0.4) is 0 Å². The normalized spacial score (nSPS) is 11.6. The fourth-order valence-electron chi connectivity index (χ4n) is 5.59. The number of carbonyl (C=O) groups excluding carboxylic acids is 2. The minimum atomic E-state index is -0.676. The average molecular weight is 730 g/mol. The van der Waals surface area contributed by atoms with Crippen LogP contribution in [0, 0.1) is 0 Å². The monoisotopic (exact) mass is 729 g/mol. The summed E-state index contributed by atoms with van der Waals surface area (Å²) in [7, 11) is 16.3. The quantitative estimate of drug-likeness (QED) is 0.0676. The number of benzene rings is 3. The molecule has 286 valence electrons. The zero-order valence-corrected chi connectivity index (χ0v) is 32.6. The van der Waals surface area contributed by atoms with Crippen LogP contribution in [0.5, 0.6) is 11.5 Å². The Morgan fingerprint density at radius 2 is 1.11 bits per heavy atom. The molecule has 0 amide bonds. The SMILES string of the molecule is CN(C)CCc1c[nH]c2cccc(OC(=O)OCCN(C)Cc3ccccc3)c12.CN(C)CCc1c[nH]c2cccc(OC(=O)OCC[N+](C)(C)C)c12. The van der Waals surface area contributed by atoms with E-state index < -0.39 is 12.3 Å². The number of rotatable bonds is 16. The number of hydrogen-bond acceptors (Lipinski definition) is 9. The number of aromatic nitrogens is 2. The summed E-state index contributed by atoms with van der Waals surface area (Å²) >= 11 is 0. The number of fused-ring (bicyclic) bond motifs is 2. The van der Waals surface area contributed by atoms with E-state index in [-0.39, 0.29) is 6.61 Å². The van der Waals surface area contributed by atoms with Crippen molar-refractivity contribution in [3.8, 4) is 11.5 Å². The number of ether oxygens (including phenoxy) is 4. The number of aromatic amines is 2. The molecular formula is C41H57N6O6+. The maximum absolute atomic E-state index is 12.2. The average Bonchev–Trinajstić information content (AvgIpc) is 3.72. The second kappa shape index (κ2) is 19.8. The molecule has 3 aromatic carbocycles. The van der Waals surface area contributed by atoms with Crippen LogP contribution in [0.25, 0.3) is 21.8 Å². The second-order valence-electron chi connectivity index (χ2n) is 14.7. The number of likely N-dealkylation sites (N-methyl/N-ethyl adjacent to an activating group) is 4. The minimum Gasteiger partial charge on any atom is -0.433 e. The minimum absolute atomic E-state index is 0.277.